The molecular formula is C22H24F2N2O3. The van der Waals surface area contributed by atoms with Crippen molar-refractivity contribution in [1.29, 1.82) is 0 Å². The van der Waals surface area contributed by atoms with Crippen LogP contribution in [0.5, 0.6) is 5.75 Å². The fourth-order valence-corrected chi connectivity index (χ4v) is 3.34. The maximum atomic E-state index is 13.5. The van der Waals surface area contributed by atoms with E-state index in [1.807, 2.05) is 6.07 Å². The van der Waals surface area contributed by atoms with Gasteiger partial charge in [-0.25, -0.2) is 8.78 Å². The van der Waals surface area contributed by atoms with Crippen LogP contribution < -0.4 is 10.1 Å². The predicted octanol–water partition coefficient (Wildman–Crippen LogP) is 2.94. The second-order valence-corrected chi connectivity index (χ2v) is 7.03. The van der Waals surface area contributed by atoms with Gasteiger partial charge in [0.05, 0.1) is 12.5 Å². The summed E-state index contributed by atoms with van der Waals surface area (Å²) in [6.07, 6.45) is 1.34. The molecule has 1 heterocycles. The number of carbonyl (C=O) groups is 2. The molecule has 1 saturated heterocycles. The molecule has 5 nitrogen and oxygen atoms in total. The van der Waals surface area contributed by atoms with Crippen LogP contribution >= 0.6 is 0 Å². The maximum Gasteiger partial charge on any atom is 0.225 e. The topological polar surface area (TPSA) is 58.6 Å². The zero-order chi connectivity index (χ0) is 20.6. The van der Waals surface area contributed by atoms with Crippen LogP contribution in [0.4, 0.5) is 8.78 Å². The summed E-state index contributed by atoms with van der Waals surface area (Å²) < 4.78 is 32.1. The number of hydrogen-bond donors (Lipinski definition) is 1. The Kier molecular flexibility index (Phi) is 7.16. The number of para-hydroxylation sites is 1. The lowest BCUT2D eigenvalue weighted by atomic mass is 9.96. The molecule has 2 amide bonds. The smallest absolute Gasteiger partial charge is 0.225 e. The molecule has 154 valence electrons. The van der Waals surface area contributed by atoms with Gasteiger partial charge in [0.15, 0.2) is 11.6 Å². The normalized spacial score (nSPS) is 16.6. The average molecular weight is 402 g/mol. The van der Waals surface area contributed by atoms with Crippen molar-refractivity contribution in [1.82, 2.24) is 10.2 Å². The van der Waals surface area contributed by atoms with Gasteiger partial charge in [0.25, 0.3) is 0 Å². The van der Waals surface area contributed by atoms with Crippen LogP contribution in [0.25, 0.3) is 0 Å². The van der Waals surface area contributed by atoms with Crippen LogP contribution in [0, 0.1) is 17.6 Å². The Morgan fingerprint density at radius 2 is 2.00 bits per heavy atom. The third-order valence-corrected chi connectivity index (χ3v) is 4.93. The highest BCUT2D eigenvalue weighted by molar-refractivity contribution is 5.83. The van der Waals surface area contributed by atoms with Crippen molar-refractivity contribution in [3.8, 4) is 5.75 Å². The van der Waals surface area contributed by atoms with Gasteiger partial charge in [-0.2, -0.15) is 0 Å². The summed E-state index contributed by atoms with van der Waals surface area (Å²) in [6.45, 7) is 1.19. The van der Waals surface area contributed by atoms with E-state index in [1.54, 1.807) is 23.1 Å². The first-order valence-electron chi connectivity index (χ1n) is 9.70. The molecule has 0 aliphatic carbocycles. The molecule has 1 aliphatic heterocycles. The number of benzene rings is 2. The highest BCUT2D eigenvalue weighted by Gasteiger charge is 2.29. The minimum absolute atomic E-state index is 0.00772. The van der Waals surface area contributed by atoms with E-state index in [0.29, 0.717) is 32.4 Å². The first-order valence-corrected chi connectivity index (χ1v) is 9.70. The molecule has 0 bridgehead atoms. The van der Waals surface area contributed by atoms with E-state index >= 15 is 0 Å². The van der Waals surface area contributed by atoms with E-state index in [9.17, 15) is 18.4 Å². The minimum Gasteiger partial charge on any atom is -0.489 e. The molecule has 0 saturated carbocycles. The van der Waals surface area contributed by atoms with E-state index in [4.69, 9.17) is 4.74 Å². The van der Waals surface area contributed by atoms with Gasteiger partial charge in [-0.05, 0) is 42.7 Å². The standard InChI is InChI=1S/C22H24F2N2O3/c23-18-5-3-4-16(14-18)10-12-26-15-17(8-9-21(26)27)22(28)25-11-13-29-20-7-2-1-6-19(20)24/h1-7,14,17H,8-13,15H2,(H,25,28). The van der Waals surface area contributed by atoms with E-state index in [0.717, 1.165) is 5.56 Å². The number of carbonyl (C=O) groups excluding carboxylic acids is 2. The second kappa shape index (κ2) is 10.0. The van der Waals surface area contributed by atoms with Crippen molar-refractivity contribution in [2.45, 2.75) is 19.3 Å². The Morgan fingerprint density at radius 3 is 2.79 bits per heavy atom. The monoisotopic (exact) mass is 402 g/mol. The molecule has 0 aromatic heterocycles. The number of halogens is 2. The zero-order valence-electron chi connectivity index (χ0n) is 16.1. The first kappa shape index (κ1) is 20.8. The van der Waals surface area contributed by atoms with Crippen molar-refractivity contribution in [2.75, 3.05) is 26.2 Å². The zero-order valence-corrected chi connectivity index (χ0v) is 16.1. The molecule has 1 aliphatic rings. The Morgan fingerprint density at radius 1 is 1.17 bits per heavy atom. The van der Waals surface area contributed by atoms with E-state index in [2.05, 4.69) is 5.32 Å². The van der Waals surface area contributed by atoms with Gasteiger partial charge in [0.2, 0.25) is 11.8 Å². The van der Waals surface area contributed by atoms with Gasteiger partial charge in [-0.3, -0.25) is 9.59 Å². The Balaban J connectivity index is 1.43. The number of rotatable bonds is 8. The molecule has 1 N–H and O–H groups in total. The molecule has 0 spiro atoms. The molecule has 29 heavy (non-hydrogen) atoms. The van der Waals surface area contributed by atoms with Gasteiger partial charge in [0.1, 0.15) is 12.4 Å². The third kappa shape index (κ3) is 6.01. The Labute approximate surface area is 168 Å². The summed E-state index contributed by atoms with van der Waals surface area (Å²) in [5.74, 6) is -1.04. The van der Waals surface area contributed by atoms with Crippen LogP contribution in [0.3, 0.4) is 0 Å². The lowest BCUT2D eigenvalue weighted by Gasteiger charge is -2.32. The fourth-order valence-electron chi connectivity index (χ4n) is 3.34. The van der Waals surface area contributed by atoms with Gasteiger partial charge < -0.3 is 15.0 Å². The molecule has 3 rings (SSSR count). The van der Waals surface area contributed by atoms with Crippen LogP contribution in [-0.2, 0) is 16.0 Å². The number of nitrogens with one attached hydrogen (secondary N) is 1. The highest BCUT2D eigenvalue weighted by Crippen LogP contribution is 2.19. The lowest BCUT2D eigenvalue weighted by molar-refractivity contribution is -0.138. The first-order chi connectivity index (χ1) is 14.0. The molecular weight excluding hydrogens is 378 g/mol. The summed E-state index contributed by atoms with van der Waals surface area (Å²) >= 11 is 0. The van der Waals surface area contributed by atoms with Crippen molar-refractivity contribution < 1.29 is 23.1 Å². The molecule has 7 heteroatoms. The summed E-state index contributed by atoms with van der Waals surface area (Å²) in [5, 5.41) is 2.78. The van der Waals surface area contributed by atoms with E-state index in [-0.39, 0.29) is 42.5 Å². The molecule has 0 radical (unpaired) electrons. The van der Waals surface area contributed by atoms with Crippen LogP contribution in [-0.4, -0.2) is 43.0 Å². The maximum absolute atomic E-state index is 13.5. The lowest BCUT2D eigenvalue weighted by Crippen LogP contribution is -2.46. The van der Waals surface area contributed by atoms with Gasteiger partial charge in [0, 0.05) is 19.5 Å². The van der Waals surface area contributed by atoms with Gasteiger partial charge in [-0.15, -0.1) is 0 Å². The van der Waals surface area contributed by atoms with Crippen molar-refractivity contribution in [3.05, 3.63) is 65.7 Å². The number of ether oxygens (including phenoxy) is 1. The number of piperidine rings is 1. The number of nitrogens with zero attached hydrogens (tertiary/aromatic N) is 1. The van der Waals surface area contributed by atoms with Crippen molar-refractivity contribution >= 4 is 11.8 Å². The van der Waals surface area contributed by atoms with E-state index in [1.165, 1.54) is 24.3 Å². The van der Waals surface area contributed by atoms with Crippen molar-refractivity contribution in [2.24, 2.45) is 5.92 Å². The van der Waals surface area contributed by atoms with Gasteiger partial charge in [-0.1, -0.05) is 24.3 Å². The van der Waals surface area contributed by atoms with Gasteiger partial charge >= 0.3 is 0 Å². The molecule has 1 unspecified atom stereocenters. The summed E-state index contributed by atoms with van der Waals surface area (Å²) in [5.41, 5.74) is 0.815. The number of hydrogen-bond acceptors (Lipinski definition) is 3. The Bertz CT molecular complexity index is 859. The molecule has 2 aromatic carbocycles. The highest BCUT2D eigenvalue weighted by atomic mass is 19.1. The van der Waals surface area contributed by atoms with Crippen LogP contribution in [0.2, 0.25) is 0 Å². The molecule has 1 fully saturated rings. The summed E-state index contributed by atoms with van der Waals surface area (Å²) in [7, 11) is 0. The van der Waals surface area contributed by atoms with Crippen LogP contribution in [0.1, 0.15) is 18.4 Å². The van der Waals surface area contributed by atoms with Crippen LogP contribution in [0.15, 0.2) is 48.5 Å². The number of likely N-dealkylation sites (tertiary alicyclic amines) is 1. The summed E-state index contributed by atoms with van der Waals surface area (Å²) in [4.78, 5) is 26.2. The number of amides is 2. The third-order valence-electron chi connectivity index (χ3n) is 4.93. The largest absolute Gasteiger partial charge is 0.489 e. The quantitative estimate of drug-likeness (QED) is 0.691. The predicted molar refractivity (Wildman–Crippen MR) is 104 cm³/mol. The summed E-state index contributed by atoms with van der Waals surface area (Å²) in [6, 6.07) is 12.4. The molecule has 1 atom stereocenters. The second-order valence-electron chi connectivity index (χ2n) is 7.03. The Hall–Kier alpha value is -2.96. The van der Waals surface area contributed by atoms with Crippen molar-refractivity contribution in [3.63, 3.8) is 0 Å². The SMILES string of the molecule is O=C(NCCOc1ccccc1F)C1CCC(=O)N(CCc2cccc(F)c2)C1. The average Bonchev–Trinajstić information content (AvgIpc) is 2.71. The van der Waals surface area contributed by atoms with E-state index < -0.39 is 5.82 Å². The minimum atomic E-state index is -0.446. The fraction of sp³-hybridized carbons (Fsp3) is 0.364. The molecule has 2 aromatic rings.